The van der Waals surface area contributed by atoms with Crippen LogP contribution in [0.3, 0.4) is 0 Å². The van der Waals surface area contributed by atoms with E-state index in [0.29, 0.717) is 0 Å². The third-order valence-corrected chi connectivity index (χ3v) is 10.8. The number of benzene rings is 4. The molecule has 5 nitrogen and oxygen atoms in total. The maximum atomic E-state index is 7.64. The van der Waals surface area contributed by atoms with Gasteiger partial charge in [-0.15, -0.1) is 0 Å². The van der Waals surface area contributed by atoms with Crippen LogP contribution in [0, 0.1) is 55.4 Å². The molecule has 0 saturated carbocycles. The molecular weight excluding hydrogens is 601 g/mol. The van der Waals surface area contributed by atoms with Crippen LogP contribution in [-0.2, 0) is 29.7 Å². The molecule has 6 heteroatoms. The zero-order valence-corrected chi connectivity index (χ0v) is 31.0. The van der Waals surface area contributed by atoms with Crippen molar-refractivity contribution in [3.63, 3.8) is 0 Å². The summed E-state index contributed by atoms with van der Waals surface area (Å²) in [6.07, 6.45) is -1.18. The Labute approximate surface area is 283 Å². The second kappa shape index (κ2) is 12.2. The van der Waals surface area contributed by atoms with E-state index in [0.717, 1.165) is 66.8 Å². The Bertz CT molecular complexity index is 1520. The fraction of sp³-hybridized carbons (Fsp3) is 0.415. The molecule has 0 spiro atoms. The second-order valence-electron chi connectivity index (χ2n) is 14.7. The summed E-state index contributed by atoms with van der Waals surface area (Å²) < 4.78 is 31.8. The largest absolute Gasteiger partial charge is 0.341 e. The van der Waals surface area contributed by atoms with Crippen molar-refractivity contribution >= 4 is 8.53 Å². The third-order valence-electron chi connectivity index (χ3n) is 9.27. The van der Waals surface area contributed by atoms with Crippen LogP contribution in [0.4, 0.5) is 0 Å². The Morgan fingerprint density at radius 1 is 0.447 bits per heavy atom. The first kappa shape index (κ1) is 34.0. The lowest BCUT2D eigenvalue weighted by Crippen LogP contribution is -2.53. The maximum Gasteiger partial charge on any atom is 0.260 e. The maximum absolute atomic E-state index is 7.64. The van der Waals surface area contributed by atoms with Crippen molar-refractivity contribution in [2.45, 2.75) is 98.4 Å². The summed E-state index contributed by atoms with van der Waals surface area (Å²) >= 11 is 0. The first-order chi connectivity index (χ1) is 22.0. The number of hydrogen-bond acceptors (Lipinski definition) is 5. The highest BCUT2D eigenvalue weighted by molar-refractivity contribution is 7.44. The van der Waals surface area contributed by atoms with E-state index < -0.39 is 37.7 Å². The van der Waals surface area contributed by atoms with Gasteiger partial charge in [0.25, 0.3) is 8.53 Å². The van der Waals surface area contributed by atoms with Gasteiger partial charge in [0.2, 0.25) is 0 Å². The first-order valence-electron chi connectivity index (χ1n) is 16.6. The molecule has 2 aliphatic rings. The zero-order chi connectivity index (χ0) is 34.1. The SMILES string of the molecule is Cc1cc(C)cc(C2(c3cc(C)cc(C)c3)OP(N(C)C)OC(c3cc(C)cc(C)c3)(c3cc(C)cc(C)c3)[C@@H]3OC(C)(C)O[C@H]32)c1. The van der Waals surface area contributed by atoms with Gasteiger partial charge in [-0.3, -0.25) is 0 Å². The Morgan fingerprint density at radius 3 is 0.894 bits per heavy atom. The van der Waals surface area contributed by atoms with Crippen molar-refractivity contribution in [3.05, 3.63) is 140 Å². The molecule has 0 aromatic heterocycles. The Hall–Kier alpha value is -2.89. The molecule has 2 aliphatic heterocycles. The molecule has 2 atom stereocenters. The fourth-order valence-electron chi connectivity index (χ4n) is 7.85. The minimum atomic E-state index is -1.69. The summed E-state index contributed by atoms with van der Waals surface area (Å²) in [4.78, 5) is 0. The molecule has 0 amide bonds. The normalized spacial score (nSPS) is 21.9. The monoisotopic (exact) mass is 651 g/mol. The molecule has 0 radical (unpaired) electrons. The molecule has 0 unspecified atom stereocenters. The minimum absolute atomic E-state index is 0.589. The average Bonchev–Trinajstić information content (AvgIpc) is 3.20. The summed E-state index contributed by atoms with van der Waals surface area (Å²) in [7, 11) is 2.40. The molecule has 4 aromatic rings. The van der Waals surface area contributed by atoms with E-state index in [2.05, 4.69) is 133 Å². The van der Waals surface area contributed by atoms with Crippen molar-refractivity contribution in [3.8, 4) is 0 Å². The van der Waals surface area contributed by atoms with E-state index in [-0.39, 0.29) is 0 Å². The number of fused-ring (bicyclic) bond motifs is 1. The molecule has 0 aliphatic carbocycles. The van der Waals surface area contributed by atoms with E-state index >= 15 is 0 Å². The van der Waals surface area contributed by atoms with Gasteiger partial charge < -0.3 is 18.5 Å². The molecule has 6 rings (SSSR count). The van der Waals surface area contributed by atoms with E-state index in [1.807, 2.05) is 27.9 Å². The van der Waals surface area contributed by atoms with E-state index in [4.69, 9.17) is 18.5 Å². The summed E-state index contributed by atoms with van der Waals surface area (Å²) in [5, 5.41) is 0. The van der Waals surface area contributed by atoms with Gasteiger partial charge in [0, 0.05) is 0 Å². The van der Waals surface area contributed by atoms with Crippen LogP contribution in [0.25, 0.3) is 0 Å². The van der Waals surface area contributed by atoms with Crippen LogP contribution in [0.2, 0.25) is 0 Å². The minimum Gasteiger partial charge on any atom is -0.341 e. The van der Waals surface area contributed by atoms with Gasteiger partial charge in [-0.05, 0) is 106 Å². The van der Waals surface area contributed by atoms with Crippen LogP contribution < -0.4 is 0 Å². The molecule has 0 N–H and O–H groups in total. The lowest BCUT2D eigenvalue weighted by Gasteiger charge is -2.42. The van der Waals surface area contributed by atoms with E-state index in [1.165, 1.54) is 0 Å². The van der Waals surface area contributed by atoms with Gasteiger partial charge in [0.1, 0.15) is 12.2 Å². The zero-order valence-electron chi connectivity index (χ0n) is 30.1. The lowest BCUT2D eigenvalue weighted by atomic mass is 9.70. The Kier molecular flexibility index (Phi) is 8.83. The van der Waals surface area contributed by atoms with Crippen molar-refractivity contribution < 1.29 is 18.5 Å². The average molecular weight is 652 g/mol. The smallest absolute Gasteiger partial charge is 0.260 e. The second-order valence-corrected chi connectivity index (χ2v) is 16.4. The fourth-order valence-corrected chi connectivity index (χ4v) is 9.33. The van der Waals surface area contributed by atoms with Gasteiger partial charge in [-0.2, -0.15) is 0 Å². The molecular formula is C41H50NO4P. The highest BCUT2D eigenvalue weighted by Gasteiger charge is 2.67. The molecule has 0 bridgehead atoms. The van der Waals surface area contributed by atoms with Crippen LogP contribution in [0.15, 0.2) is 72.8 Å². The molecule has 2 fully saturated rings. The van der Waals surface area contributed by atoms with Gasteiger partial charge >= 0.3 is 0 Å². The summed E-state index contributed by atoms with van der Waals surface area (Å²) in [6, 6.07) is 26.8. The summed E-state index contributed by atoms with van der Waals surface area (Å²) in [6.45, 7) is 21.2. The van der Waals surface area contributed by atoms with Gasteiger partial charge in [0.05, 0.1) is 0 Å². The van der Waals surface area contributed by atoms with Crippen LogP contribution >= 0.6 is 8.53 Å². The van der Waals surface area contributed by atoms with Gasteiger partial charge in [-0.25, -0.2) is 4.67 Å². The topological polar surface area (TPSA) is 40.2 Å². The van der Waals surface area contributed by atoms with Crippen molar-refractivity contribution in [1.82, 2.24) is 4.67 Å². The Morgan fingerprint density at radius 2 is 0.681 bits per heavy atom. The lowest BCUT2D eigenvalue weighted by molar-refractivity contribution is -0.175. The van der Waals surface area contributed by atoms with Crippen LogP contribution in [-0.4, -0.2) is 36.8 Å². The number of hydrogen-bond donors (Lipinski definition) is 0. The number of rotatable bonds is 5. The molecule has 47 heavy (non-hydrogen) atoms. The molecule has 2 heterocycles. The van der Waals surface area contributed by atoms with E-state index in [1.54, 1.807) is 0 Å². The number of aryl methyl sites for hydroxylation is 8. The van der Waals surface area contributed by atoms with Crippen molar-refractivity contribution in [2.75, 3.05) is 14.1 Å². The third kappa shape index (κ3) is 6.12. The van der Waals surface area contributed by atoms with Gasteiger partial charge in [0.15, 0.2) is 17.0 Å². The molecule has 248 valence electrons. The first-order valence-corrected chi connectivity index (χ1v) is 17.7. The molecule has 2 saturated heterocycles. The summed E-state index contributed by atoms with van der Waals surface area (Å²) in [5.41, 5.74) is 11.3. The number of nitrogens with zero attached hydrogens (tertiary/aromatic N) is 1. The van der Waals surface area contributed by atoms with Crippen LogP contribution in [0.1, 0.15) is 80.6 Å². The summed E-state index contributed by atoms with van der Waals surface area (Å²) in [5.74, 6) is -0.924. The van der Waals surface area contributed by atoms with Gasteiger partial charge in [-0.1, -0.05) is 117 Å². The highest BCUT2D eigenvalue weighted by atomic mass is 31.2. The van der Waals surface area contributed by atoms with Crippen LogP contribution in [0.5, 0.6) is 0 Å². The van der Waals surface area contributed by atoms with E-state index in [9.17, 15) is 0 Å². The highest BCUT2D eigenvalue weighted by Crippen LogP contribution is 2.65. The predicted octanol–water partition coefficient (Wildman–Crippen LogP) is 9.70. The van der Waals surface area contributed by atoms with Crippen molar-refractivity contribution in [1.29, 1.82) is 0 Å². The number of ether oxygens (including phenoxy) is 2. The van der Waals surface area contributed by atoms with Crippen molar-refractivity contribution in [2.24, 2.45) is 0 Å². The standard InChI is InChI=1S/C41H50NO4P/c1-25-13-26(2)18-33(17-25)40(34-19-27(3)14-28(4)20-34)37-38(44-39(9,10)43-37)41(46-47(45-40)42(11)12,35-21-29(5)15-30(6)22-35)36-23-31(7)16-32(8)24-36/h13-24,37-38H,1-12H3/t37-,38-/m1/s1. The molecule has 4 aromatic carbocycles. The predicted molar refractivity (Wildman–Crippen MR) is 192 cm³/mol. The Balaban J connectivity index is 1.80. The quantitative estimate of drug-likeness (QED) is 0.201.